The maximum atomic E-state index is 11.0. The Balaban J connectivity index is 2.69. The van der Waals surface area contributed by atoms with Crippen molar-refractivity contribution >= 4 is 11.9 Å². The van der Waals surface area contributed by atoms with Crippen molar-refractivity contribution in [2.45, 2.75) is 39.5 Å². The second-order valence-corrected chi connectivity index (χ2v) is 5.41. The van der Waals surface area contributed by atoms with Crippen LogP contribution in [0.5, 0.6) is 0 Å². The summed E-state index contributed by atoms with van der Waals surface area (Å²) in [7, 11) is 0. The number of terminal acetylenes is 1. The van der Waals surface area contributed by atoms with Gasteiger partial charge in [0, 0.05) is 20.3 Å². The maximum Gasteiger partial charge on any atom is 0.302 e. The molecule has 1 aliphatic carbocycles. The second-order valence-electron chi connectivity index (χ2n) is 5.41. The molecule has 0 unspecified atom stereocenters. The zero-order valence-electron chi connectivity index (χ0n) is 12.2. The summed E-state index contributed by atoms with van der Waals surface area (Å²) in [5.74, 6) is 2.54. The van der Waals surface area contributed by atoms with Crippen LogP contribution in [-0.2, 0) is 19.1 Å². The van der Waals surface area contributed by atoms with Crippen LogP contribution in [0.1, 0.15) is 39.5 Å². The Morgan fingerprint density at radius 1 is 1.25 bits per heavy atom. The number of allylic oxidation sites excluding steroid dienone is 2. The van der Waals surface area contributed by atoms with Crippen LogP contribution in [-0.4, -0.2) is 25.2 Å². The molecule has 0 spiro atoms. The van der Waals surface area contributed by atoms with E-state index in [-0.39, 0.29) is 25.2 Å². The lowest BCUT2D eigenvalue weighted by Gasteiger charge is -2.29. The fraction of sp³-hybridized carbons (Fsp3) is 0.625. The highest BCUT2D eigenvalue weighted by Gasteiger charge is 2.32. The smallest absolute Gasteiger partial charge is 0.302 e. The van der Waals surface area contributed by atoms with Gasteiger partial charge in [-0.15, -0.1) is 12.3 Å². The standard InChI is InChI=1S/C16H22O4/c1-4-9-16(11-19-13(2)17,12-20-14(3)18)10-5-6-15-7-8-15/h1,5-6,15H,7-12H2,2-3H3/b6-5+. The zero-order valence-corrected chi connectivity index (χ0v) is 12.2. The molecule has 20 heavy (non-hydrogen) atoms. The molecule has 0 aromatic rings. The summed E-state index contributed by atoms with van der Waals surface area (Å²) in [5.41, 5.74) is -0.530. The van der Waals surface area contributed by atoms with Crippen LogP contribution < -0.4 is 0 Å². The molecule has 1 saturated carbocycles. The predicted octanol–water partition coefficient (Wildman–Crippen LogP) is 2.48. The number of esters is 2. The van der Waals surface area contributed by atoms with Gasteiger partial charge in [-0.05, 0) is 25.2 Å². The van der Waals surface area contributed by atoms with Gasteiger partial charge < -0.3 is 9.47 Å². The van der Waals surface area contributed by atoms with E-state index in [2.05, 4.69) is 18.1 Å². The van der Waals surface area contributed by atoms with E-state index in [9.17, 15) is 9.59 Å². The summed E-state index contributed by atoms with van der Waals surface area (Å²) >= 11 is 0. The Labute approximate surface area is 120 Å². The molecule has 4 nitrogen and oxygen atoms in total. The zero-order chi connectivity index (χ0) is 15.0. The molecule has 0 radical (unpaired) electrons. The van der Waals surface area contributed by atoms with Crippen molar-refractivity contribution in [3.8, 4) is 12.3 Å². The van der Waals surface area contributed by atoms with E-state index in [0.29, 0.717) is 18.8 Å². The van der Waals surface area contributed by atoms with E-state index in [1.807, 2.05) is 0 Å². The van der Waals surface area contributed by atoms with Gasteiger partial charge in [0.15, 0.2) is 0 Å². The molecule has 0 N–H and O–H groups in total. The number of rotatable bonds is 8. The molecule has 0 amide bonds. The molecule has 1 rings (SSSR count). The van der Waals surface area contributed by atoms with Crippen molar-refractivity contribution in [1.82, 2.24) is 0 Å². The van der Waals surface area contributed by atoms with Gasteiger partial charge in [0.1, 0.15) is 13.2 Å². The van der Waals surface area contributed by atoms with E-state index >= 15 is 0 Å². The van der Waals surface area contributed by atoms with Gasteiger partial charge in [-0.25, -0.2) is 0 Å². The van der Waals surface area contributed by atoms with Crippen LogP contribution in [0.4, 0.5) is 0 Å². The molecule has 0 aliphatic heterocycles. The molecule has 1 fully saturated rings. The average Bonchev–Trinajstić information content (AvgIpc) is 3.18. The summed E-state index contributed by atoms with van der Waals surface area (Å²) in [4.78, 5) is 22.1. The fourth-order valence-corrected chi connectivity index (χ4v) is 1.86. The molecule has 0 aromatic carbocycles. The lowest BCUT2D eigenvalue weighted by Crippen LogP contribution is -2.33. The van der Waals surface area contributed by atoms with Crippen LogP contribution >= 0.6 is 0 Å². The Morgan fingerprint density at radius 3 is 2.20 bits per heavy atom. The first-order valence-electron chi connectivity index (χ1n) is 6.84. The molecule has 110 valence electrons. The predicted molar refractivity (Wildman–Crippen MR) is 75.6 cm³/mol. The van der Waals surface area contributed by atoms with Crippen molar-refractivity contribution in [1.29, 1.82) is 0 Å². The Hall–Kier alpha value is -1.76. The number of carbonyl (C=O) groups is 2. The molecule has 0 aromatic heterocycles. The minimum Gasteiger partial charge on any atom is -0.465 e. The normalized spacial score (nSPS) is 14.8. The van der Waals surface area contributed by atoms with E-state index in [1.54, 1.807) is 0 Å². The van der Waals surface area contributed by atoms with Crippen LogP contribution in [0.25, 0.3) is 0 Å². The largest absolute Gasteiger partial charge is 0.465 e. The monoisotopic (exact) mass is 278 g/mol. The summed E-state index contributed by atoms with van der Waals surface area (Å²) in [6.07, 6.45) is 13.1. The van der Waals surface area contributed by atoms with Gasteiger partial charge in [-0.1, -0.05) is 12.2 Å². The molecule has 0 heterocycles. The van der Waals surface area contributed by atoms with E-state index in [0.717, 1.165) is 0 Å². The van der Waals surface area contributed by atoms with Crippen molar-refractivity contribution in [2.24, 2.45) is 11.3 Å². The van der Waals surface area contributed by atoms with Crippen LogP contribution in [0.3, 0.4) is 0 Å². The van der Waals surface area contributed by atoms with Gasteiger partial charge in [0.05, 0.1) is 5.41 Å². The number of hydrogen-bond donors (Lipinski definition) is 0. The van der Waals surface area contributed by atoms with Gasteiger partial charge in [-0.2, -0.15) is 0 Å². The third-order valence-electron chi connectivity index (χ3n) is 3.22. The van der Waals surface area contributed by atoms with Crippen molar-refractivity contribution in [2.75, 3.05) is 13.2 Å². The average molecular weight is 278 g/mol. The molecule has 0 saturated heterocycles. The summed E-state index contributed by atoms with van der Waals surface area (Å²) in [5, 5.41) is 0. The quantitative estimate of drug-likeness (QED) is 0.389. The van der Waals surface area contributed by atoms with Crippen LogP contribution in [0.2, 0.25) is 0 Å². The molecular weight excluding hydrogens is 256 g/mol. The lowest BCUT2D eigenvalue weighted by molar-refractivity contribution is -0.151. The molecular formula is C16H22O4. The third kappa shape index (κ3) is 6.42. The minimum absolute atomic E-state index is 0.162. The van der Waals surface area contributed by atoms with E-state index in [1.165, 1.54) is 26.7 Å². The molecule has 1 aliphatic rings. The number of carbonyl (C=O) groups excluding carboxylic acids is 2. The Bertz CT molecular complexity index is 395. The number of ether oxygens (including phenoxy) is 2. The Morgan fingerprint density at radius 2 is 1.80 bits per heavy atom. The van der Waals surface area contributed by atoms with Gasteiger partial charge in [-0.3, -0.25) is 9.59 Å². The van der Waals surface area contributed by atoms with Crippen LogP contribution in [0, 0.1) is 23.7 Å². The van der Waals surface area contributed by atoms with Gasteiger partial charge in [0.25, 0.3) is 0 Å². The molecule has 4 heteroatoms. The van der Waals surface area contributed by atoms with Crippen molar-refractivity contribution < 1.29 is 19.1 Å². The van der Waals surface area contributed by atoms with Gasteiger partial charge in [0.2, 0.25) is 0 Å². The third-order valence-corrected chi connectivity index (χ3v) is 3.22. The first-order chi connectivity index (χ1) is 9.47. The first kappa shape index (κ1) is 16.3. The van der Waals surface area contributed by atoms with Crippen LogP contribution in [0.15, 0.2) is 12.2 Å². The van der Waals surface area contributed by atoms with E-state index < -0.39 is 5.41 Å². The highest BCUT2D eigenvalue weighted by Crippen LogP contribution is 2.33. The van der Waals surface area contributed by atoms with Crippen molar-refractivity contribution in [3.05, 3.63) is 12.2 Å². The van der Waals surface area contributed by atoms with Crippen molar-refractivity contribution in [3.63, 3.8) is 0 Å². The lowest BCUT2D eigenvalue weighted by atomic mass is 9.82. The van der Waals surface area contributed by atoms with E-state index in [4.69, 9.17) is 15.9 Å². The first-order valence-corrected chi connectivity index (χ1v) is 6.84. The topological polar surface area (TPSA) is 52.6 Å². The molecule has 0 bridgehead atoms. The maximum absolute atomic E-state index is 11.0. The highest BCUT2D eigenvalue weighted by atomic mass is 16.5. The summed E-state index contributed by atoms with van der Waals surface area (Å²) in [6.45, 7) is 3.03. The number of hydrogen-bond acceptors (Lipinski definition) is 4. The second kappa shape index (κ2) is 7.74. The summed E-state index contributed by atoms with van der Waals surface area (Å²) in [6, 6.07) is 0. The Kier molecular flexibility index (Phi) is 6.30. The summed E-state index contributed by atoms with van der Waals surface area (Å²) < 4.78 is 10.2. The fourth-order valence-electron chi connectivity index (χ4n) is 1.86. The highest BCUT2D eigenvalue weighted by molar-refractivity contribution is 5.66. The molecule has 0 atom stereocenters. The van der Waals surface area contributed by atoms with Gasteiger partial charge >= 0.3 is 11.9 Å². The minimum atomic E-state index is -0.530. The SMILES string of the molecule is C#CCC(C/C=C/C1CC1)(COC(C)=O)COC(C)=O.